The van der Waals surface area contributed by atoms with Gasteiger partial charge in [0.2, 0.25) is 5.95 Å². The van der Waals surface area contributed by atoms with Gasteiger partial charge in [-0.05, 0) is 31.0 Å². The lowest BCUT2D eigenvalue weighted by atomic mass is 10.2. The second-order valence-corrected chi connectivity index (χ2v) is 6.36. The molecular weight excluding hydrogens is 336 g/mol. The Balaban J connectivity index is 1.75. The molecular formula is C22H24N4O. The summed E-state index contributed by atoms with van der Waals surface area (Å²) in [6.45, 7) is 5.87. The molecule has 0 radical (unpaired) electrons. The third-order valence-corrected chi connectivity index (χ3v) is 4.25. The molecule has 1 N–H and O–H groups in total. The minimum Gasteiger partial charge on any atom is -0.347 e. The Bertz CT molecular complexity index is 881. The van der Waals surface area contributed by atoms with E-state index < -0.39 is 0 Å². The van der Waals surface area contributed by atoms with Crippen LogP contribution in [-0.2, 0) is 13.1 Å². The van der Waals surface area contributed by atoms with Crippen molar-refractivity contribution in [2.24, 2.45) is 0 Å². The molecule has 0 bridgehead atoms. The van der Waals surface area contributed by atoms with Gasteiger partial charge in [-0.2, -0.15) is 0 Å². The van der Waals surface area contributed by atoms with E-state index in [1.807, 2.05) is 55.5 Å². The van der Waals surface area contributed by atoms with Crippen LogP contribution in [0.1, 0.15) is 34.2 Å². The minimum atomic E-state index is -0.193. The molecule has 138 valence electrons. The highest BCUT2D eigenvalue weighted by atomic mass is 16.1. The molecule has 0 aliphatic heterocycles. The lowest BCUT2D eigenvalue weighted by Crippen LogP contribution is -2.28. The summed E-state index contributed by atoms with van der Waals surface area (Å²) in [7, 11) is 0. The van der Waals surface area contributed by atoms with E-state index in [1.54, 1.807) is 6.07 Å². The molecule has 1 heterocycles. The fraction of sp³-hybridized carbons (Fsp3) is 0.227. The number of hydrogen-bond donors (Lipinski definition) is 1. The number of anilines is 1. The van der Waals surface area contributed by atoms with Gasteiger partial charge in [0.15, 0.2) is 0 Å². The monoisotopic (exact) mass is 360 g/mol. The van der Waals surface area contributed by atoms with Crippen molar-refractivity contribution in [2.45, 2.75) is 26.9 Å². The van der Waals surface area contributed by atoms with Crippen molar-refractivity contribution >= 4 is 11.9 Å². The van der Waals surface area contributed by atoms with Crippen molar-refractivity contribution < 1.29 is 4.79 Å². The smallest absolute Gasteiger partial charge is 0.270 e. The quantitative estimate of drug-likeness (QED) is 0.697. The van der Waals surface area contributed by atoms with Crippen molar-refractivity contribution in [1.29, 1.82) is 0 Å². The third kappa shape index (κ3) is 5.14. The first-order valence-corrected chi connectivity index (χ1v) is 9.12. The van der Waals surface area contributed by atoms with Gasteiger partial charge in [-0.1, -0.05) is 60.7 Å². The number of benzene rings is 2. The molecule has 3 aromatic rings. The summed E-state index contributed by atoms with van der Waals surface area (Å²) in [6, 6.07) is 21.7. The number of aryl methyl sites for hydroxylation is 1. The van der Waals surface area contributed by atoms with Crippen LogP contribution in [-0.4, -0.2) is 22.4 Å². The Hall–Kier alpha value is -3.21. The summed E-state index contributed by atoms with van der Waals surface area (Å²) in [4.78, 5) is 23.7. The second-order valence-electron chi connectivity index (χ2n) is 6.36. The Morgan fingerprint density at radius 2 is 1.59 bits per heavy atom. The van der Waals surface area contributed by atoms with E-state index >= 15 is 0 Å². The van der Waals surface area contributed by atoms with Crippen molar-refractivity contribution in [2.75, 3.05) is 11.4 Å². The summed E-state index contributed by atoms with van der Waals surface area (Å²) in [5.41, 5.74) is 3.40. The summed E-state index contributed by atoms with van der Waals surface area (Å²) in [5, 5.41) is 2.93. The average molecular weight is 360 g/mol. The Morgan fingerprint density at radius 3 is 2.22 bits per heavy atom. The molecule has 0 aliphatic carbocycles. The van der Waals surface area contributed by atoms with Crippen molar-refractivity contribution in [3.05, 3.63) is 89.2 Å². The van der Waals surface area contributed by atoms with Crippen molar-refractivity contribution in [3.63, 3.8) is 0 Å². The summed E-state index contributed by atoms with van der Waals surface area (Å²) < 4.78 is 0. The lowest BCUT2D eigenvalue weighted by molar-refractivity contribution is 0.0945. The molecule has 1 aromatic heterocycles. The van der Waals surface area contributed by atoms with Gasteiger partial charge < -0.3 is 10.2 Å². The predicted octanol–water partition coefficient (Wildman–Crippen LogP) is 3.74. The van der Waals surface area contributed by atoms with E-state index in [4.69, 9.17) is 0 Å². The highest BCUT2D eigenvalue weighted by molar-refractivity contribution is 5.92. The third-order valence-electron chi connectivity index (χ3n) is 4.25. The molecule has 0 fully saturated rings. The molecule has 5 heteroatoms. The lowest BCUT2D eigenvalue weighted by Gasteiger charge is -2.21. The number of rotatable bonds is 7. The fourth-order valence-electron chi connectivity index (χ4n) is 2.81. The first-order valence-electron chi connectivity index (χ1n) is 9.12. The van der Waals surface area contributed by atoms with Crippen LogP contribution in [0, 0.1) is 6.92 Å². The largest absolute Gasteiger partial charge is 0.347 e. The topological polar surface area (TPSA) is 58.1 Å². The molecule has 5 nitrogen and oxygen atoms in total. The molecule has 2 aromatic carbocycles. The molecule has 0 saturated carbocycles. The summed E-state index contributed by atoms with van der Waals surface area (Å²) in [5.74, 6) is 0.382. The fourth-order valence-corrected chi connectivity index (χ4v) is 2.81. The zero-order valence-electron chi connectivity index (χ0n) is 15.7. The molecule has 3 rings (SSSR count). The number of nitrogens with one attached hydrogen (secondary N) is 1. The van der Waals surface area contributed by atoms with Crippen LogP contribution in [0.25, 0.3) is 0 Å². The van der Waals surface area contributed by atoms with Crippen LogP contribution in [0.2, 0.25) is 0 Å². The van der Waals surface area contributed by atoms with Crippen LogP contribution >= 0.6 is 0 Å². The number of carbonyl (C=O) groups is 1. The van der Waals surface area contributed by atoms with Gasteiger partial charge in [-0.25, -0.2) is 9.97 Å². The Kier molecular flexibility index (Phi) is 6.15. The average Bonchev–Trinajstić information content (AvgIpc) is 2.71. The van der Waals surface area contributed by atoms with Crippen LogP contribution in [0.4, 0.5) is 5.95 Å². The van der Waals surface area contributed by atoms with Gasteiger partial charge in [0.1, 0.15) is 5.69 Å². The van der Waals surface area contributed by atoms with Crippen LogP contribution in [0.3, 0.4) is 0 Å². The Morgan fingerprint density at radius 1 is 0.963 bits per heavy atom. The molecule has 0 saturated heterocycles. The number of hydrogen-bond acceptors (Lipinski definition) is 4. The van der Waals surface area contributed by atoms with Crippen LogP contribution in [0.5, 0.6) is 0 Å². The van der Waals surface area contributed by atoms with Gasteiger partial charge in [-0.3, -0.25) is 4.79 Å². The van der Waals surface area contributed by atoms with Gasteiger partial charge >= 0.3 is 0 Å². The summed E-state index contributed by atoms with van der Waals surface area (Å²) in [6.07, 6.45) is 0. The Labute approximate surface area is 160 Å². The molecule has 27 heavy (non-hydrogen) atoms. The van der Waals surface area contributed by atoms with Gasteiger partial charge in [0, 0.05) is 25.3 Å². The normalized spacial score (nSPS) is 10.4. The van der Waals surface area contributed by atoms with E-state index in [1.165, 1.54) is 5.56 Å². The van der Waals surface area contributed by atoms with E-state index in [-0.39, 0.29) is 5.91 Å². The number of nitrogens with zero attached hydrogens (tertiary/aromatic N) is 3. The maximum absolute atomic E-state index is 12.6. The molecule has 0 atom stereocenters. The van der Waals surface area contributed by atoms with Crippen LogP contribution < -0.4 is 10.2 Å². The van der Waals surface area contributed by atoms with Gasteiger partial charge in [-0.15, -0.1) is 0 Å². The zero-order chi connectivity index (χ0) is 19.1. The number of amides is 1. The van der Waals surface area contributed by atoms with Crippen LogP contribution in [0.15, 0.2) is 66.7 Å². The van der Waals surface area contributed by atoms with E-state index in [2.05, 4.69) is 39.2 Å². The minimum absolute atomic E-state index is 0.193. The highest BCUT2D eigenvalue weighted by Crippen LogP contribution is 2.14. The molecule has 0 unspecified atom stereocenters. The van der Waals surface area contributed by atoms with E-state index in [9.17, 15) is 4.79 Å². The van der Waals surface area contributed by atoms with Gasteiger partial charge in [0.05, 0.1) is 0 Å². The van der Waals surface area contributed by atoms with Crippen molar-refractivity contribution in [1.82, 2.24) is 15.3 Å². The van der Waals surface area contributed by atoms with Gasteiger partial charge in [0.25, 0.3) is 5.91 Å². The molecule has 0 aliphatic rings. The predicted molar refractivity (Wildman–Crippen MR) is 108 cm³/mol. The molecule has 0 spiro atoms. The maximum atomic E-state index is 12.6. The highest BCUT2D eigenvalue weighted by Gasteiger charge is 2.14. The zero-order valence-corrected chi connectivity index (χ0v) is 15.7. The molecule has 1 amide bonds. The first kappa shape index (κ1) is 18.6. The van der Waals surface area contributed by atoms with E-state index in [0.717, 1.165) is 17.8 Å². The summed E-state index contributed by atoms with van der Waals surface area (Å²) >= 11 is 0. The number of aromatic nitrogens is 2. The second kappa shape index (κ2) is 8.94. The van der Waals surface area contributed by atoms with E-state index in [0.29, 0.717) is 24.7 Å². The standard InChI is InChI=1S/C22H24N4O/c1-3-26(16-19-12-8-5-9-13-19)22-24-17(2)14-20(25-22)21(27)23-15-18-10-6-4-7-11-18/h4-14H,3,15-16H2,1-2H3,(H,23,27). The SMILES string of the molecule is CCN(Cc1ccccc1)c1nc(C)cc(C(=O)NCc2ccccc2)n1. The van der Waals surface area contributed by atoms with Crippen molar-refractivity contribution in [3.8, 4) is 0 Å². The number of carbonyl (C=O) groups excluding carboxylic acids is 1. The first-order chi connectivity index (χ1) is 13.2. The maximum Gasteiger partial charge on any atom is 0.270 e.